The second kappa shape index (κ2) is 5.13. The fraction of sp³-hybridized carbons (Fsp3) is 0.562. The smallest absolute Gasteiger partial charge is 0.163 e. The van der Waals surface area contributed by atoms with Crippen LogP contribution < -0.4 is 4.74 Å². The molecule has 1 aromatic carbocycles. The lowest BCUT2D eigenvalue weighted by Gasteiger charge is -2.21. The van der Waals surface area contributed by atoms with Crippen LogP contribution in [0.5, 0.6) is 5.75 Å². The number of ether oxygens (including phenoxy) is 1. The van der Waals surface area contributed by atoms with E-state index in [-0.39, 0.29) is 16.8 Å². The first-order valence-corrected chi connectivity index (χ1v) is 6.39. The van der Waals surface area contributed by atoms with E-state index < -0.39 is 0 Å². The average molecular weight is 248 g/mol. The van der Waals surface area contributed by atoms with Crippen LogP contribution in [0.2, 0.25) is 0 Å². The monoisotopic (exact) mass is 248 g/mol. The first-order chi connectivity index (χ1) is 8.07. The maximum Gasteiger partial charge on any atom is 0.163 e. The molecule has 0 radical (unpaired) electrons. The van der Waals surface area contributed by atoms with Crippen molar-refractivity contribution in [2.24, 2.45) is 5.41 Å². The molecule has 0 unspecified atom stereocenters. The normalized spacial score (nSPS) is 12.3. The molecule has 0 atom stereocenters. The topological polar surface area (TPSA) is 26.3 Å². The summed E-state index contributed by atoms with van der Waals surface area (Å²) in [5.41, 5.74) is 0.570. The third-order valence-electron chi connectivity index (χ3n) is 2.29. The molecule has 0 aliphatic heterocycles. The summed E-state index contributed by atoms with van der Waals surface area (Å²) in [5.74, 6) is 0.986. The number of benzene rings is 1. The number of hydrogen-bond donors (Lipinski definition) is 0. The van der Waals surface area contributed by atoms with Crippen LogP contribution >= 0.6 is 0 Å². The number of hydrogen-bond acceptors (Lipinski definition) is 2. The predicted octanol–water partition coefficient (Wildman–Crippen LogP) is 4.48. The number of ketones is 1. The van der Waals surface area contributed by atoms with Crippen LogP contribution in [0.3, 0.4) is 0 Å². The highest BCUT2D eigenvalue weighted by molar-refractivity contribution is 5.96. The summed E-state index contributed by atoms with van der Waals surface area (Å²) >= 11 is 0. The number of carbonyl (C=O) groups is 1. The molecule has 0 aliphatic rings. The summed E-state index contributed by atoms with van der Waals surface area (Å²) < 4.78 is 5.73. The Morgan fingerprint density at radius 1 is 1.00 bits per heavy atom. The van der Waals surface area contributed by atoms with E-state index in [0.29, 0.717) is 6.42 Å². The zero-order valence-corrected chi connectivity index (χ0v) is 12.3. The van der Waals surface area contributed by atoms with Crippen molar-refractivity contribution in [3.8, 4) is 5.75 Å². The molecule has 0 aromatic heterocycles. The summed E-state index contributed by atoms with van der Waals surface area (Å²) in [6, 6.07) is 7.41. The molecule has 0 saturated heterocycles. The SMILES string of the molecule is CC(C)(C)CC(=O)c1ccc(OC(C)(C)C)cc1. The van der Waals surface area contributed by atoms with E-state index in [1.165, 1.54) is 0 Å². The van der Waals surface area contributed by atoms with Gasteiger partial charge in [-0.2, -0.15) is 0 Å². The molecular formula is C16H24O2. The van der Waals surface area contributed by atoms with Crippen molar-refractivity contribution < 1.29 is 9.53 Å². The molecule has 0 bridgehead atoms. The standard InChI is InChI=1S/C16H24O2/c1-15(2,3)11-14(17)12-7-9-13(10-8-12)18-16(4,5)6/h7-10H,11H2,1-6H3. The van der Waals surface area contributed by atoms with Gasteiger partial charge >= 0.3 is 0 Å². The first-order valence-electron chi connectivity index (χ1n) is 6.39. The predicted molar refractivity (Wildman–Crippen MR) is 75.2 cm³/mol. The average Bonchev–Trinajstić information content (AvgIpc) is 2.13. The van der Waals surface area contributed by atoms with Gasteiger partial charge in [0.1, 0.15) is 11.4 Å². The number of carbonyl (C=O) groups excluding carboxylic acids is 1. The van der Waals surface area contributed by atoms with E-state index in [4.69, 9.17) is 4.74 Å². The quantitative estimate of drug-likeness (QED) is 0.737. The van der Waals surface area contributed by atoms with Crippen LogP contribution in [0.1, 0.15) is 58.3 Å². The van der Waals surface area contributed by atoms with E-state index in [9.17, 15) is 4.79 Å². The van der Waals surface area contributed by atoms with Gasteiger partial charge in [0.15, 0.2) is 5.78 Å². The Balaban J connectivity index is 2.74. The Hall–Kier alpha value is -1.31. The Morgan fingerprint density at radius 3 is 1.89 bits per heavy atom. The van der Waals surface area contributed by atoms with Crippen LogP contribution in [0.15, 0.2) is 24.3 Å². The van der Waals surface area contributed by atoms with Crippen molar-refractivity contribution in [1.29, 1.82) is 0 Å². The zero-order chi connectivity index (χ0) is 14.0. The fourth-order valence-corrected chi connectivity index (χ4v) is 1.65. The molecular weight excluding hydrogens is 224 g/mol. The Labute approximate surface area is 110 Å². The molecule has 2 nitrogen and oxygen atoms in total. The van der Waals surface area contributed by atoms with Crippen molar-refractivity contribution in [3.63, 3.8) is 0 Å². The molecule has 1 aromatic rings. The minimum absolute atomic E-state index is 0.0255. The molecule has 100 valence electrons. The Morgan fingerprint density at radius 2 is 1.50 bits per heavy atom. The molecule has 1 rings (SSSR count). The minimum atomic E-state index is -0.211. The highest BCUT2D eigenvalue weighted by Crippen LogP contribution is 2.23. The largest absolute Gasteiger partial charge is 0.488 e. The zero-order valence-electron chi connectivity index (χ0n) is 12.3. The molecule has 0 spiro atoms. The number of Topliss-reactive ketones (excluding diaryl/α,β-unsaturated/α-hetero) is 1. The third kappa shape index (κ3) is 5.35. The summed E-state index contributed by atoms with van der Waals surface area (Å²) in [6.45, 7) is 12.2. The van der Waals surface area contributed by atoms with Gasteiger partial charge < -0.3 is 4.74 Å². The van der Waals surface area contributed by atoms with E-state index >= 15 is 0 Å². The second-order valence-electron chi connectivity index (χ2n) is 6.90. The van der Waals surface area contributed by atoms with Crippen LogP contribution in [0.4, 0.5) is 0 Å². The molecule has 0 aliphatic carbocycles. The van der Waals surface area contributed by atoms with E-state index in [1.807, 2.05) is 45.0 Å². The molecule has 0 amide bonds. The van der Waals surface area contributed by atoms with Gasteiger partial charge in [-0.1, -0.05) is 20.8 Å². The lowest BCUT2D eigenvalue weighted by Crippen LogP contribution is -2.22. The van der Waals surface area contributed by atoms with Crippen LogP contribution in [-0.2, 0) is 0 Å². The lowest BCUT2D eigenvalue weighted by molar-refractivity contribution is 0.0940. The fourth-order valence-electron chi connectivity index (χ4n) is 1.65. The Kier molecular flexibility index (Phi) is 4.20. The molecule has 0 fully saturated rings. The molecule has 0 heterocycles. The van der Waals surface area contributed by atoms with Gasteiger partial charge in [0.05, 0.1) is 0 Å². The van der Waals surface area contributed by atoms with Crippen molar-refractivity contribution in [2.45, 2.75) is 53.6 Å². The third-order valence-corrected chi connectivity index (χ3v) is 2.29. The highest BCUT2D eigenvalue weighted by Gasteiger charge is 2.17. The van der Waals surface area contributed by atoms with Crippen molar-refractivity contribution in [3.05, 3.63) is 29.8 Å². The Bertz CT molecular complexity index is 402. The van der Waals surface area contributed by atoms with Crippen molar-refractivity contribution in [2.75, 3.05) is 0 Å². The van der Waals surface area contributed by atoms with Gasteiger partial charge in [-0.05, 0) is 50.5 Å². The molecule has 18 heavy (non-hydrogen) atoms. The molecule has 0 saturated carbocycles. The lowest BCUT2D eigenvalue weighted by atomic mass is 9.88. The van der Waals surface area contributed by atoms with E-state index in [1.54, 1.807) is 0 Å². The summed E-state index contributed by atoms with van der Waals surface area (Å²) in [4.78, 5) is 12.0. The van der Waals surface area contributed by atoms with E-state index in [2.05, 4.69) is 20.8 Å². The van der Waals surface area contributed by atoms with Crippen molar-refractivity contribution in [1.82, 2.24) is 0 Å². The minimum Gasteiger partial charge on any atom is -0.488 e. The van der Waals surface area contributed by atoms with Gasteiger partial charge in [-0.25, -0.2) is 0 Å². The maximum absolute atomic E-state index is 12.0. The summed E-state index contributed by atoms with van der Waals surface area (Å²) in [5, 5.41) is 0. The van der Waals surface area contributed by atoms with Gasteiger partial charge in [0, 0.05) is 12.0 Å². The van der Waals surface area contributed by atoms with Gasteiger partial charge in [-0.3, -0.25) is 4.79 Å². The van der Waals surface area contributed by atoms with Gasteiger partial charge in [-0.15, -0.1) is 0 Å². The highest BCUT2D eigenvalue weighted by atomic mass is 16.5. The summed E-state index contributed by atoms with van der Waals surface area (Å²) in [6.07, 6.45) is 0.562. The van der Waals surface area contributed by atoms with Gasteiger partial charge in [0.2, 0.25) is 0 Å². The first kappa shape index (κ1) is 14.7. The second-order valence-corrected chi connectivity index (χ2v) is 6.90. The van der Waals surface area contributed by atoms with Crippen LogP contribution in [-0.4, -0.2) is 11.4 Å². The van der Waals surface area contributed by atoms with Crippen molar-refractivity contribution >= 4 is 5.78 Å². The molecule has 0 N–H and O–H groups in total. The van der Waals surface area contributed by atoms with E-state index in [0.717, 1.165) is 11.3 Å². The van der Waals surface area contributed by atoms with Gasteiger partial charge in [0.25, 0.3) is 0 Å². The van der Waals surface area contributed by atoms with Crippen LogP contribution in [0.25, 0.3) is 0 Å². The maximum atomic E-state index is 12.0. The summed E-state index contributed by atoms with van der Waals surface area (Å²) in [7, 11) is 0. The van der Waals surface area contributed by atoms with Crippen LogP contribution in [0, 0.1) is 5.41 Å². The number of rotatable bonds is 3. The molecule has 2 heteroatoms.